The van der Waals surface area contributed by atoms with Gasteiger partial charge >= 0.3 is 0 Å². The van der Waals surface area contributed by atoms with Gasteiger partial charge in [-0.05, 0) is 49.6 Å². The van der Waals surface area contributed by atoms with E-state index in [4.69, 9.17) is 0 Å². The number of Topliss-reactive ketones (excluding diaryl/α,β-unsaturated/α-hetero) is 1. The zero-order chi connectivity index (χ0) is 16.4. The lowest BCUT2D eigenvalue weighted by atomic mass is 10.1. The Balaban J connectivity index is 1.79. The van der Waals surface area contributed by atoms with Crippen LogP contribution in [0.5, 0.6) is 0 Å². The molecule has 0 aliphatic rings. The number of nitrogens with one attached hydrogen (secondary N) is 1. The van der Waals surface area contributed by atoms with E-state index in [0.29, 0.717) is 16.1 Å². The van der Waals surface area contributed by atoms with Gasteiger partial charge in [0.25, 0.3) is 5.91 Å². The van der Waals surface area contributed by atoms with Gasteiger partial charge in [-0.15, -0.1) is 22.7 Å². The Hall–Kier alpha value is -2.31. The number of aromatic nitrogens is 1. The maximum Gasteiger partial charge on any atom is 0.267 e. The predicted octanol–water partition coefficient (Wildman–Crippen LogP) is 4.63. The number of aryl methyl sites for hydroxylation is 1. The molecule has 0 unspecified atom stereocenters. The topological polar surface area (TPSA) is 59.1 Å². The van der Waals surface area contributed by atoms with E-state index in [1.165, 1.54) is 18.3 Å². The van der Waals surface area contributed by atoms with E-state index in [1.54, 1.807) is 35.6 Å². The van der Waals surface area contributed by atoms with Crippen LogP contribution in [-0.2, 0) is 0 Å². The first-order valence-electron chi connectivity index (χ1n) is 6.98. The lowest BCUT2D eigenvalue weighted by molar-refractivity contribution is 0.101. The SMILES string of the molecule is CC(=O)c1ccc(NC(=O)c2sc(-c3cccs3)nc2C)cc1. The van der Waals surface area contributed by atoms with E-state index >= 15 is 0 Å². The Morgan fingerprint density at radius 1 is 1.13 bits per heavy atom. The van der Waals surface area contributed by atoms with E-state index in [1.807, 2.05) is 24.4 Å². The minimum absolute atomic E-state index is 0.00164. The summed E-state index contributed by atoms with van der Waals surface area (Å²) in [5, 5.41) is 5.69. The molecule has 3 rings (SSSR count). The fraction of sp³-hybridized carbons (Fsp3) is 0.118. The first-order chi connectivity index (χ1) is 11.0. The summed E-state index contributed by atoms with van der Waals surface area (Å²) in [7, 11) is 0. The van der Waals surface area contributed by atoms with Gasteiger partial charge in [0, 0.05) is 11.3 Å². The number of thiophene rings is 1. The summed E-state index contributed by atoms with van der Waals surface area (Å²) in [4.78, 5) is 29.8. The molecule has 0 bridgehead atoms. The van der Waals surface area contributed by atoms with Crippen molar-refractivity contribution in [1.82, 2.24) is 4.98 Å². The van der Waals surface area contributed by atoms with Gasteiger partial charge in [0.2, 0.25) is 0 Å². The third kappa shape index (κ3) is 3.38. The van der Waals surface area contributed by atoms with Crippen LogP contribution in [0.25, 0.3) is 9.88 Å². The highest BCUT2D eigenvalue weighted by Crippen LogP contribution is 2.31. The Bertz CT molecular complexity index is 849. The van der Waals surface area contributed by atoms with Crippen LogP contribution in [0, 0.1) is 6.92 Å². The maximum atomic E-state index is 12.4. The number of nitrogens with zero attached hydrogens (tertiary/aromatic N) is 1. The standard InChI is InChI=1S/C17H14N2O2S2/c1-10-15(23-17(18-10)14-4-3-9-22-14)16(21)19-13-7-5-12(6-8-13)11(2)20/h3-9H,1-2H3,(H,19,21). The predicted molar refractivity (Wildman–Crippen MR) is 94.6 cm³/mol. The van der Waals surface area contributed by atoms with Crippen LogP contribution in [0.4, 0.5) is 5.69 Å². The second-order valence-corrected chi connectivity index (χ2v) is 6.95. The number of benzene rings is 1. The number of thiazole rings is 1. The summed E-state index contributed by atoms with van der Waals surface area (Å²) < 4.78 is 0. The van der Waals surface area contributed by atoms with Gasteiger partial charge in [0.15, 0.2) is 5.78 Å². The van der Waals surface area contributed by atoms with Crippen molar-refractivity contribution in [2.75, 3.05) is 5.32 Å². The Morgan fingerprint density at radius 3 is 2.48 bits per heavy atom. The molecule has 4 nitrogen and oxygen atoms in total. The molecule has 1 aromatic carbocycles. The normalized spacial score (nSPS) is 10.5. The summed E-state index contributed by atoms with van der Waals surface area (Å²) in [6.07, 6.45) is 0. The molecule has 0 radical (unpaired) electrons. The molecule has 2 heterocycles. The summed E-state index contributed by atoms with van der Waals surface area (Å²) in [5.74, 6) is -0.180. The van der Waals surface area contributed by atoms with Crippen molar-refractivity contribution in [2.24, 2.45) is 0 Å². The summed E-state index contributed by atoms with van der Waals surface area (Å²) >= 11 is 2.99. The molecule has 0 aliphatic heterocycles. The van der Waals surface area contributed by atoms with Crippen LogP contribution < -0.4 is 5.32 Å². The second kappa shape index (κ2) is 6.44. The monoisotopic (exact) mass is 342 g/mol. The minimum atomic E-state index is -0.182. The molecular weight excluding hydrogens is 328 g/mol. The molecule has 2 aromatic heterocycles. The zero-order valence-electron chi connectivity index (χ0n) is 12.6. The van der Waals surface area contributed by atoms with Crippen LogP contribution in [0.3, 0.4) is 0 Å². The van der Waals surface area contributed by atoms with Crippen molar-refractivity contribution in [1.29, 1.82) is 0 Å². The fourth-order valence-corrected chi connectivity index (χ4v) is 3.85. The van der Waals surface area contributed by atoms with Crippen molar-refractivity contribution < 1.29 is 9.59 Å². The Kier molecular flexibility index (Phi) is 4.36. The van der Waals surface area contributed by atoms with E-state index in [-0.39, 0.29) is 11.7 Å². The summed E-state index contributed by atoms with van der Waals surface area (Å²) in [6.45, 7) is 3.35. The van der Waals surface area contributed by atoms with Crippen LogP contribution >= 0.6 is 22.7 Å². The third-order valence-corrected chi connectivity index (χ3v) is 5.48. The van der Waals surface area contributed by atoms with Gasteiger partial charge in [0.1, 0.15) is 9.88 Å². The molecule has 6 heteroatoms. The quantitative estimate of drug-likeness (QED) is 0.703. The second-order valence-electron chi connectivity index (χ2n) is 5.00. The lowest BCUT2D eigenvalue weighted by Crippen LogP contribution is -2.11. The number of rotatable bonds is 4. The number of anilines is 1. The summed E-state index contributed by atoms with van der Waals surface area (Å²) in [6, 6.07) is 10.8. The largest absolute Gasteiger partial charge is 0.321 e. The van der Waals surface area contributed by atoms with Crippen molar-refractivity contribution in [3.8, 4) is 9.88 Å². The van der Waals surface area contributed by atoms with Gasteiger partial charge in [-0.3, -0.25) is 9.59 Å². The highest BCUT2D eigenvalue weighted by atomic mass is 32.1. The molecule has 23 heavy (non-hydrogen) atoms. The number of amides is 1. The molecule has 0 spiro atoms. The van der Waals surface area contributed by atoms with Crippen LogP contribution in [0.2, 0.25) is 0 Å². The minimum Gasteiger partial charge on any atom is -0.321 e. The Labute approximate surface area is 141 Å². The molecule has 0 aliphatic carbocycles. The average Bonchev–Trinajstić information content (AvgIpc) is 3.16. The van der Waals surface area contributed by atoms with E-state index < -0.39 is 0 Å². The average molecular weight is 342 g/mol. The first-order valence-corrected chi connectivity index (χ1v) is 8.68. The molecule has 0 saturated carbocycles. The highest BCUT2D eigenvalue weighted by molar-refractivity contribution is 7.22. The number of ketones is 1. The summed E-state index contributed by atoms with van der Waals surface area (Å²) in [5.41, 5.74) is 2.00. The third-order valence-electron chi connectivity index (χ3n) is 3.28. The molecule has 1 N–H and O–H groups in total. The number of hydrogen-bond acceptors (Lipinski definition) is 5. The molecule has 0 atom stereocenters. The molecule has 3 aromatic rings. The fourth-order valence-electron chi connectivity index (χ4n) is 2.09. The van der Waals surface area contributed by atoms with Crippen molar-refractivity contribution in [2.45, 2.75) is 13.8 Å². The van der Waals surface area contributed by atoms with Gasteiger partial charge in [-0.25, -0.2) is 4.98 Å². The molecule has 1 amide bonds. The maximum absolute atomic E-state index is 12.4. The molecular formula is C17H14N2O2S2. The number of carbonyl (C=O) groups excluding carboxylic acids is 2. The number of carbonyl (C=O) groups is 2. The van der Waals surface area contributed by atoms with Crippen LogP contribution in [0.1, 0.15) is 32.6 Å². The smallest absolute Gasteiger partial charge is 0.267 e. The van der Waals surface area contributed by atoms with Crippen molar-refractivity contribution in [3.63, 3.8) is 0 Å². The molecule has 0 fully saturated rings. The van der Waals surface area contributed by atoms with Crippen molar-refractivity contribution >= 4 is 40.1 Å². The van der Waals surface area contributed by atoms with Crippen LogP contribution in [-0.4, -0.2) is 16.7 Å². The van der Waals surface area contributed by atoms with Gasteiger partial charge < -0.3 is 5.32 Å². The van der Waals surface area contributed by atoms with Crippen LogP contribution in [0.15, 0.2) is 41.8 Å². The Morgan fingerprint density at radius 2 is 1.87 bits per heavy atom. The zero-order valence-corrected chi connectivity index (χ0v) is 14.3. The van der Waals surface area contributed by atoms with Gasteiger partial charge in [-0.1, -0.05) is 6.07 Å². The van der Waals surface area contributed by atoms with E-state index in [2.05, 4.69) is 10.3 Å². The number of hydrogen-bond donors (Lipinski definition) is 1. The lowest BCUT2D eigenvalue weighted by Gasteiger charge is -2.04. The highest BCUT2D eigenvalue weighted by Gasteiger charge is 2.17. The molecule has 116 valence electrons. The van der Waals surface area contributed by atoms with Crippen molar-refractivity contribution in [3.05, 3.63) is 57.9 Å². The van der Waals surface area contributed by atoms with E-state index in [9.17, 15) is 9.59 Å². The first kappa shape index (κ1) is 15.6. The van der Waals surface area contributed by atoms with Gasteiger partial charge in [0.05, 0.1) is 10.6 Å². The van der Waals surface area contributed by atoms with Gasteiger partial charge in [-0.2, -0.15) is 0 Å². The van der Waals surface area contributed by atoms with E-state index in [0.717, 1.165) is 15.6 Å². The molecule has 0 saturated heterocycles.